The van der Waals surface area contributed by atoms with Crippen molar-refractivity contribution in [2.24, 2.45) is 5.92 Å². The third-order valence-electron chi connectivity index (χ3n) is 2.96. The fraction of sp³-hybridized carbons (Fsp3) is 0.600. The third-order valence-corrected chi connectivity index (χ3v) is 2.96. The molecule has 0 aliphatic heterocycles. The lowest BCUT2D eigenvalue weighted by Crippen LogP contribution is -2.26. The van der Waals surface area contributed by atoms with Crippen molar-refractivity contribution in [2.45, 2.75) is 45.6 Å². The Morgan fingerprint density at radius 2 is 1.82 bits per heavy atom. The fourth-order valence-electron chi connectivity index (χ4n) is 2.19. The van der Waals surface area contributed by atoms with E-state index in [2.05, 4.69) is 26.0 Å². The molecular weight excluding hydrogens is 212 g/mol. The van der Waals surface area contributed by atoms with E-state index in [1.165, 1.54) is 5.56 Å². The van der Waals surface area contributed by atoms with E-state index in [1.54, 1.807) is 7.11 Å². The first-order valence-corrected chi connectivity index (χ1v) is 6.28. The van der Waals surface area contributed by atoms with Crippen molar-refractivity contribution in [3.63, 3.8) is 0 Å². The van der Waals surface area contributed by atoms with Crippen LogP contribution in [0.5, 0.6) is 5.75 Å². The number of aryl methyl sites for hydroxylation is 1. The molecule has 0 amide bonds. The molecule has 17 heavy (non-hydrogen) atoms. The summed E-state index contributed by atoms with van der Waals surface area (Å²) >= 11 is 0. The van der Waals surface area contributed by atoms with Gasteiger partial charge in [-0.05, 0) is 49.8 Å². The van der Waals surface area contributed by atoms with Gasteiger partial charge in [-0.3, -0.25) is 0 Å². The zero-order chi connectivity index (χ0) is 12.9. The number of benzene rings is 1. The van der Waals surface area contributed by atoms with Crippen LogP contribution < -0.4 is 4.74 Å². The van der Waals surface area contributed by atoms with Gasteiger partial charge in [-0.1, -0.05) is 26.0 Å². The van der Waals surface area contributed by atoms with Gasteiger partial charge >= 0.3 is 0 Å². The van der Waals surface area contributed by atoms with Gasteiger partial charge in [0.1, 0.15) is 5.75 Å². The van der Waals surface area contributed by atoms with Gasteiger partial charge in [0, 0.05) is 0 Å². The number of aliphatic hydroxyl groups is 1. The largest absolute Gasteiger partial charge is 0.497 e. The van der Waals surface area contributed by atoms with E-state index in [-0.39, 0.29) is 0 Å². The van der Waals surface area contributed by atoms with Crippen molar-refractivity contribution in [1.82, 2.24) is 0 Å². The summed E-state index contributed by atoms with van der Waals surface area (Å²) in [5.74, 6) is 1.41. The Balaban J connectivity index is 2.48. The van der Waals surface area contributed by atoms with Gasteiger partial charge in [-0.25, -0.2) is 0 Å². The first-order valence-electron chi connectivity index (χ1n) is 6.28. The molecule has 1 rings (SSSR count). The van der Waals surface area contributed by atoms with E-state index in [9.17, 15) is 5.11 Å². The first kappa shape index (κ1) is 14.0. The Morgan fingerprint density at radius 1 is 1.24 bits per heavy atom. The van der Waals surface area contributed by atoms with Crippen LogP contribution in [0.2, 0.25) is 0 Å². The van der Waals surface area contributed by atoms with Crippen LogP contribution in [0.15, 0.2) is 24.3 Å². The fourth-order valence-corrected chi connectivity index (χ4v) is 2.19. The molecule has 0 aromatic heterocycles. The highest BCUT2D eigenvalue weighted by Gasteiger charge is 2.21. The number of rotatable bonds is 6. The number of ether oxygens (including phenoxy) is 1. The highest BCUT2D eigenvalue weighted by atomic mass is 16.5. The van der Waals surface area contributed by atoms with Crippen LogP contribution in [0.3, 0.4) is 0 Å². The average Bonchev–Trinajstić information content (AvgIpc) is 2.25. The topological polar surface area (TPSA) is 29.5 Å². The van der Waals surface area contributed by atoms with Gasteiger partial charge in [0.15, 0.2) is 0 Å². The summed E-state index contributed by atoms with van der Waals surface area (Å²) in [4.78, 5) is 0. The monoisotopic (exact) mass is 236 g/mol. The van der Waals surface area contributed by atoms with Crippen LogP contribution in [-0.2, 0) is 6.42 Å². The summed E-state index contributed by atoms with van der Waals surface area (Å²) in [6.07, 6.45) is 2.56. The Morgan fingerprint density at radius 3 is 2.29 bits per heavy atom. The summed E-state index contributed by atoms with van der Waals surface area (Å²) in [5, 5.41) is 10.2. The van der Waals surface area contributed by atoms with Crippen molar-refractivity contribution in [2.75, 3.05) is 7.11 Å². The summed E-state index contributed by atoms with van der Waals surface area (Å²) in [7, 11) is 1.67. The van der Waals surface area contributed by atoms with E-state index in [4.69, 9.17) is 4.74 Å². The van der Waals surface area contributed by atoms with Gasteiger partial charge in [0.25, 0.3) is 0 Å². The second-order valence-corrected chi connectivity index (χ2v) is 5.44. The Labute approximate surface area is 105 Å². The maximum Gasteiger partial charge on any atom is 0.118 e. The van der Waals surface area contributed by atoms with Crippen LogP contribution in [0.1, 0.15) is 39.2 Å². The molecule has 0 spiro atoms. The van der Waals surface area contributed by atoms with E-state index < -0.39 is 5.60 Å². The van der Waals surface area contributed by atoms with E-state index in [0.29, 0.717) is 5.92 Å². The first-order chi connectivity index (χ1) is 7.93. The molecule has 2 nitrogen and oxygen atoms in total. The molecule has 0 aliphatic carbocycles. The standard InChI is InChI=1S/C15H24O2/c1-12(2)11-15(3,16)10-9-13-5-7-14(17-4)8-6-13/h5-8,12,16H,9-11H2,1-4H3. The highest BCUT2D eigenvalue weighted by Crippen LogP contribution is 2.22. The number of hydrogen-bond acceptors (Lipinski definition) is 2. The summed E-state index contributed by atoms with van der Waals surface area (Å²) < 4.78 is 5.12. The molecular formula is C15H24O2. The van der Waals surface area contributed by atoms with Gasteiger partial charge < -0.3 is 9.84 Å². The lowest BCUT2D eigenvalue weighted by atomic mass is 9.89. The minimum absolute atomic E-state index is 0.529. The summed E-state index contributed by atoms with van der Waals surface area (Å²) in [6.45, 7) is 6.21. The molecule has 1 aromatic carbocycles. The van der Waals surface area contributed by atoms with Crippen LogP contribution in [0.4, 0.5) is 0 Å². The van der Waals surface area contributed by atoms with Crippen molar-refractivity contribution in [3.8, 4) is 5.75 Å². The van der Waals surface area contributed by atoms with Crippen molar-refractivity contribution in [1.29, 1.82) is 0 Å². The quantitative estimate of drug-likeness (QED) is 0.820. The predicted octanol–water partition coefficient (Wildman–Crippen LogP) is 3.42. The molecule has 96 valence electrons. The lowest BCUT2D eigenvalue weighted by molar-refractivity contribution is 0.0302. The molecule has 0 saturated carbocycles. The molecule has 0 fully saturated rings. The highest BCUT2D eigenvalue weighted by molar-refractivity contribution is 5.27. The number of methoxy groups -OCH3 is 1. The van der Waals surface area contributed by atoms with Gasteiger partial charge in [-0.15, -0.1) is 0 Å². The normalized spacial score (nSPS) is 14.7. The summed E-state index contributed by atoms with van der Waals surface area (Å²) in [5.41, 5.74) is 0.684. The van der Waals surface area contributed by atoms with E-state index >= 15 is 0 Å². The molecule has 2 heteroatoms. The maximum atomic E-state index is 10.2. The molecule has 0 aliphatic rings. The molecule has 1 unspecified atom stereocenters. The van der Waals surface area contributed by atoms with Crippen molar-refractivity contribution >= 4 is 0 Å². The summed E-state index contributed by atoms with van der Waals surface area (Å²) in [6, 6.07) is 8.05. The zero-order valence-corrected chi connectivity index (χ0v) is 11.4. The average molecular weight is 236 g/mol. The Bertz CT molecular complexity index is 325. The third kappa shape index (κ3) is 5.22. The smallest absolute Gasteiger partial charge is 0.118 e. The van der Waals surface area contributed by atoms with E-state index in [1.807, 2.05) is 19.1 Å². The van der Waals surface area contributed by atoms with Gasteiger partial charge in [0.2, 0.25) is 0 Å². The van der Waals surface area contributed by atoms with E-state index in [0.717, 1.165) is 25.0 Å². The van der Waals surface area contributed by atoms with Crippen LogP contribution in [0.25, 0.3) is 0 Å². The minimum atomic E-state index is -0.561. The van der Waals surface area contributed by atoms with Crippen LogP contribution >= 0.6 is 0 Å². The van der Waals surface area contributed by atoms with Crippen molar-refractivity contribution < 1.29 is 9.84 Å². The van der Waals surface area contributed by atoms with Gasteiger partial charge in [-0.2, -0.15) is 0 Å². The Kier molecular flexibility index (Phi) is 5.01. The SMILES string of the molecule is COc1ccc(CCC(C)(O)CC(C)C)cc1. The lowest BCUT2D eigenvalue weighted by Gasteiger charge is -2.25. The molecule has 0 heterocycles. The van der Waals surface area contributed by atoms with Crippen LogP contribution in [0, 0.1) is 5.92 Å². The molecule has 0 bridgehead atoms. The molecule has 0 saturated heterocycles. The maximum absolute atomic E-state index is 10.2. The Hall–Kier alpha value is -1.02. The predicted molar refractivity (Wildman–Crippen MR) is 71.4 cm³/mol. The molecule has 1 aromatic rings. The zero-order valence-electron chi connectivity index (χ0n) is 11.4. The minimum Gasteiger partial charge on any atom is -0.497 e. The van der Waals surface area contributed by atoms with Crippen molar-refractivity contribution in [3.05, 3.63) is 29.8 Å². The second-order valence-electron chi connectivity index (χ2n) is 5.44. The molecule has 1 atom stereocenters. The molecule has 0 radical (unpaired) electrons. The molecule has 1 N–H and O–H groups in total. The van der Waals surface area contributed by atoms with Gasteiger partial charge in [0.05, 0.1) is 12.7 Å². The second kappa shape index (κ2) is 6.06. The number of hydrogen-bond donors (Lipinski definition) is 1. The van der Waals surface area contributed by atoms with Crippen LogP contribution in [-0.4, -0.2) is 17.8 Å².